The lowest BCUT2D eigenvalue weighted by molar-refractivity contribution is -0.140. The minimum atomic E-state index is -3.62. The van der Waals surface area contributed by atoms with Gasteiger partial charge in [0.05, 0.1) is 11.9 Å². The molecule has 0 aliphatic rings. The third-order valence-corrected chi connectivity index (χ3v) is 6.65. The van der Waals surface area contributed by atoms with Gasteiger partial charge in [0.15, 0.2) is 0 Å². The van der Waals surface area contributed by atoms with Crippen LogP contribution < -0.4 is 9.62 Å². The van der Waals surface area contributed by atoms with E-state index in [1.165, 1.54) is 29.2 Å². The van der Waals surface area contributed by atoms with Crippen molar-refractivity contribution in [3.8, 4) is 0 Å². The van der Waals surface area contributed by atoms with E-state index in [2.05, 4.69) is 5.32 Å². The number of hydrogen-bond donors (Lipinski definition) is 1. The van der Waals surface area contributed by atoms with Crippen molar-refractivity contribution in [1.82, 2.24) is 10.2 Å². The molecule has 9 heteroatoms. The lowest BCUT2D eigenvalue weighted by Crippen LogP contribution is -2.47. The number of sulfonamides is 1. The number of nitrogens with one attached hydrogen (secondary N) is 1. The number of hydrogen-bond acceptors (Lipinski definition) is 4. The Balaban J connectivity index is 2.10. The summed E-state index contributed by atoms with van der Waals surface area (Å²) < 4.78 is 39.0. The number of unbranched alkanes of at least 4 members (excludes halogenated alkanes) is 1. The first-order chi connectivity index (χ1) is 16.1. The Labute approximate surface area is 202 Å². The average molecular weight is 492 g/mol. The van der Waals surface area contributed by atoms with Crippen molar-refractivity contribution in [1.29, 1.82) is 0 Å². The van der Waals surface area contributed by atoms with Gasteiger partial charge in [0, 0.05) is 26.1 Å². The zero-order valence-electron chi connectivity index (χ0n) is 20.0. The van der Waals surface area contributed by atoms with Gasteiger partial charge in [0.2, 0.25) is 21.8 Å². The zero-order valence-corrected chi connectivity index (χ0v) is 20.9. The molecule has 0 bridgehead atoms. The minimum Gasteiger partial charge on any atom is -0.354 e. The Hall–Kier alpha value is -2.94. The fraction of sp³-hybridized carbons (Fsp3) is 0.440. The summed E-state index contributed by atoms with van der Waals surface area (Å²) in [5.41, 5.74) is 1.23. The van der Waals surface area contributed by atoms with Crippen LogP contribution in [0.4, 0.5) is 10.1 Å². The van der Waals surface area contributed by atoms with Gasteiger partial charge in [-0.1, -0.05) is 43.7 Å². The molecule has 0 aromatic heterocycles. The summed E-state index contributed by atoms with van der Waals surface area (Å²) in [4.78, 5) is 27.3. The standard InChI is InChI=1S/C25H34FN3O4S/c1-4-5-17-27-25(31)20(2)28(19-21-10-7-6-8-11-21)24(30)12-9-18-29(34(3,32)33)23-15-13-22(26)14-16-23/h6-8,10-11,13-16,20H,4-5,9,12,17-19H2,1-3H3,(H,27,31)/t20-/m0/s1. The molecular formula is C25H34FN3O4S. The second-order valence-corrected chi connectivity index (χ2v) is 10.1. The van der Waals surface area contributed by atoms with E-state index in [1.54, 1.807) is 6.92 Å². The van der Waals surface area contributed by atoms with Crippen LogP contribution in [-0.4, -0.2) is 50.5 Å². The molecule has 34 heavy (non-hydrogen) atoms. The van der Waals surface area contributed by atoms with Crippen molar-refractivity contribution in [2.75, 3.05) is 23.7 Å². The summed E-state index contributed by atoms with van der Waals surface area (Å²) in [6.45, 7) is 4.62. The van der Waals surface area contributed by atoms with Crippen molar-refractivity contribution in [2.45, 2.75) is 52.1 Å². The maximum absolute atomic E-state index is 13.3. The Bertz CT molecular complexity index is 1030. The van der Waals surface area contributed by atoms with Gasteiger partial charge in [-0.2, -0.15) is 0 Å². The van der Waals surface area contributed by atoms with Crippen LogP contribution in [0.15, 0.2) is 54.6 Å². The van der Waals surface area contributed by atoms with Gasteiger partial charge in [0.1, 0.15) is 11.9 Å². The molecule has 186 valence electrons. The highest BCUT2D eigenvalue weighted by Crippen LogP contribution is 2.19. The summed E-state index contributed by atoms with van der Waals surface area (Å²) in [6, 6.07) is 13.9. The van der Waals surface area contributed by atoms with Gasteiger partial charge in [-0.15, -0.1) is 0 Å². The second kappa shape index (κ2) is 13.1. The SMILES string of the molecule is CCCCNC(=O)[C@H](C)N(Cc1ccccc1)C(=O)CCCN(c1ccc(F)cc1)S(C)(=O)=O. The normalized spacial score (nSPS) is 12.1. The Morgan fingerprint density at radius 1 is 1.03 bits per heavy atom. The number of amides is 2. The molecular weight excluding hydrogens is 457 g/mol. The maximum Gasteiger partial charge on any atom is 0.242 e. The lowest BCUT2D eigenvalue weighted by atomic mass is 10.1. The number of rotatable bonds is 13. The first-order valence-corrected chi connectivity index (χ1v) is 13.3. The van der Waals surface area contributed by atoms with Crippen LogP contribution in [0.2, 0.25) is 0 Å². The number of carbonyl (C=O) groups is 2. The minimum absolute atomic E-state index is 0.0620. The number of anilines is 1. The molecule has 2 aromatic carbocycles. The molecule has 0 spiro atoms. The maximum atomic E-state index is 13.3. The van der Waals surface area contributed by atoms with Gasteiger partial charge in [0.25, 0.3) is 0 Å². The molecule has 2 amide bonds. The molecule has 0 aliphatic heterocycles. The number of nitrogens with zero attached hydrogens (tertiary/aromatic N) is 2. The van der Waals surface area contributed by atoms with Crippen LogP contribution in [0.1, 0.15) is 45.1 Å². The summed E-state index contributed by atoms with van der Waals surface area (Å²) in [5.74, 6) is -0.925. The monoisotopic (exact) mass is 491 g/mol. The fourth-order valence-electron chi connectivity index (χ4n) is 3.51. The van der Waals surface area contributed by atoms with E-state index >= 15 is 0 Å². The van der Waals surface area contributed by atoms with E-state index in [0.717, 1.165) is 29.0 Å². The van der Waals surface area contributed by atoms with Crippen molar-refractivity contribution in [2.24, 2.45) is 0 Å². The first kappa shape index (κ1) is 27.3. The molecule has 0 fully saturated rings. The summed E-state index contributed by atoms with van der Waals surface area (Å²) >= 11 is 0. The zero-order chi connectivity index (χ0) is 25.1. The summed E-state index contributed by atoms with van der Waals surface area (Å²) in [6.07, 6.45) is 3.19. The molecule has 2 rings (SSSR count). The van der Waals surface area contributed by atoms with Crippen LogP contribution in [0.5, 0.6) is 0 Å². The van der Waals surface area contributed by atoms with E-state index in [1.807, 2.05) is 37.3 Å². The molecule has 1 atom stereocenters. The number of carbonyl (C=O) groups excluding carboxylic acids is 2. The number of benzene rings is 2. The second-order valence-electron chi connectivity index (χ2n) is 8.24. The van der Waals surface area contributed by atoms with Crippen LogP contribution >= 0.6 is 0 Å². The van der Waals surface area contributed by atoms with E-state index < -0.39 is 21.9 Å². The Morgan fingerprint density at radius 3 is 2.26 bits per heavy atom. The fourth-order valence-corrected chi connectivity index (χ4v) is 4.48. The van der Waals surface area contributed by atoms with Crippen molar-refractivity contribution >= 4 is 27.5 Å². The first-order valence-electron chi connectivity index (χ1n) is 11.5. The molecule has 2 aromatic rings. The molecule has 0 radical (unpaired) electrons. The third kappa shape index (κ3) is 8.44. The molecule has 7 nitrogen and oxygen atoms in total. The quantitative estimate of drug-likeness (QED) is 0.433. The van der Waals surface area contributed by atoms with Gasteiger partial charge < -0.3 is 10.2 Å². The van der Waals surface area contributed by atoms with Crippen molar-refractivity contribution in [3.05, 3.63) is 66.0 Å². The molecule has 0 aliphatic carbocycles. The predicted molar refractivity (Wildman–Crippen MR) is 132 cm³/mol. The van der Waals surface area contributed by atoms with Gasteiger partial charge in [-0.3, -0.25) is 13.9 Å². The summed E-state index contributed by atoms with van der Waals surface area (Å²) in [5, 5.41) is 2.87. The molecule has 0 unspecified atom stereocenters. The molecule has 0 saturated heterocycles. The van der Waals surface area contributed by atoms with Gasteiger partial charge in [-0.05, 0) is 49.6 Å². The topological polar surface area (TPSA) is 86.8 Å². The molecule has 0 heterocycles. The average Bonchev–Trinajstić information content (AvgIpc) is 2.80. The Kier molecular flexibility index (Phi) is 10.5. The third-order valence-electron chi connectivity index (χ3n) is 5.46. The van der Waals surface area contributed by atoms with Crippen LogP contribution in [0.25, 0.3) is 0 Å². The van der Waals surface area contributed by atoms with Crippen molar-refractivity contribution in [3.63, 3.8) is 0 Å². The van der Waals surface area contributed by atoms with Gasteiger partial charge in [-0.25, -0.2) is 12.8 Å². The van der Waals surface area contributed by atoms with E-state index in [0.29, 0.717) is 12.2 Å². The largest absolute Gasteiger partial charge is 0.354 e. The summed E-state index contributed by atoms with van der Waals surface area (Å²) in [7, 11) is -3.62. The lowest BCUT2D eigenvalue weighted by Gasteiger charge is -2.29. The molecule has 1 N–H and O–H groups in total. The van der Waals surface area contributed by atoms with Crippen LogP contribution in [0, 0.1) is 5.82 Å². The molecule has 0 saturated carbocycles. The highest BCUT2D eigenvalue weighted by atomic mass is 32.2. The smallest absolute Gasteiger partial charge is 0.242 e. The van der Waals surface area contributed by atoms with E-state index in [-0.39, 0.29) is 37.7 Å². The van der Waals surface area contributed by atoms with E-state index in [9.17, 15) is 22.4 Å². The van der Waals surface area contributed by atoms with Crippen LogP contribution in [-0.2, 0) is 26.2 Å². The highest BCUT2D eigenvalue weighted by molar-refractivity contribution is 7.92. The Morgan fingerprint density at radius 2 is 1.68 bits per heavy atom. The van der Waals surface area contributed by atoms with Gasteiger partial charge >= 0.3 is 0 Å². The van der Waals surface area contributed by atoms with E-state index in [4.69, 9.17) is 0 Å². The number of halogens is 1. The van der Waals surface area contributed by atoms with Crippen molar-refractivity contribution < 1.29 is 22.4 Å². The highest BCUT2D eigenvalue weighted by Gasteiger charge is 2.26. The predicted octanol–water partition coefficient (Wildman–Crippen LogP) is 3.71. The van der Waals surface area contributed by atoms with Crippen LogP contribution in [0.3, 0.4) is 0 Å².